The summed E-state index contributed by atoms with van der Waals surface area (Å²) in [6, 6.07) is 13.7. The third-order valence-electron chi connectivity index (χ3n) is 13.6. The number of ether oxygens (including phenoxy) is 2. The van der Waals surface area contributed by atoms with Crippen LogP contribution in [0.3, 0.4) is 0 Å². The van der Waals surface area contributed by atoms with Crippen molar-refractivity contribution in [2.45, 2.75) is 125 Å². The predicted octanol–water partition coefficient (Wildman–Crippen LogP) is 9.97. The van der Waals surface area contributed by atoms with Crippen molar-refractivity contribution in [1.29, 1.82) is 0 Å². The van der Waals surface area contributed by atoms with E-state index in [1.54, 1.807) is 48.5 Å². The number of nitrogen functional groups attached to an aromatic ring is 2. The summed E-state index contributed by atoms with van der Waals surface area (Å²) in [5, 5.41) is 0. The van der Waals surface area contributed by atoms with E-state index < -0.39 is 18.2 Å². The molecule has 6 nitrogen and oxygen atoms in total. The normalized spacial score (nSPS) is 32.8. The zero-order valence-corrected chi connectivity index (χ0v) is 30.7. The van der Waals surface area contributed by atoms with Crippen LogP contribution in [0.4, 0.5) is 11.4 Å². The van der Waals surface area contributed by atoms with Gasteiger partial charge in [0.15, 0.2) is 0 Å². The number of benzene rings is 2. The Bertz CT molecular complexity index is 1390. The van der Waals surface area contributed by atoms with Crippen LogP contribution in [0.15, 0.2) is 48.5 Å². The number of carbonyl (C=O) groups is 2. The highest BCUT2D eigenvalue weighted by molar-refractivity contribution is 5.91. The lowest BCUT2D eigenvalue weighted by atomic mass is 9.42. The minimum Gasteiger partial charge on any atom is -0.455 e. The van der Waals surface area contributed by atoms with Crippen LogP contribution in [0.1, 0.15) is 133 Å². The zero-order chi connectivity index (χ0) is 34.8. The number of nitrogens with two attached hydrogens (primary N) is 2. The van der Waals surface area contributed by atoms with E-state index >= 15 is 0 Å². The van der Waals surface area contributed by atoms with Crippen molar-refractivity contribution in [1.82, 2.24) is 0 Å². The van der Waals surface area contributed by atoms with Crippen molar-refractivity contribution in [3.8, 4) is 0 Å². The summed E-state index contributed by atoms with van der Waals surface area (Å²) in [6.45, 7) is 17.2. The lowest BCUT2D eigenvalue weighted by molar-refractivity contribution is -0.181. The van der Waals surface area contributed by atoms with Crippen LogP contribution in [0.2, 0.25) is 0 Å². The molecule has 5 rings (SSSR count). The molecule has 2 aromatic carbocycles. The first-order valence-electron chi connectivity index (χ1n) is 18.9. The first kappa shape index (κ1) is 36.3. The Balaban J connectivity index is 1.38. The van der Waals surface area contributed by atoms with Gasteiger partial charge in [-0.3, -0.25) is 0 Å². The molecule has 48 heavy (non-hydrogen) atoms. The second-order valence-electron chi connectivity index (χ2n) is 16.7. The quantitative estimate of drug-likeness (QED) is 0.184. The molecule has 4 N–H and O–H groups in total. The molecule has 0 radical (unpaired) electrons. The maximum atomic E-state index is 13.6. The van der Waals surface area contributed by atoms with Gasteiger partial charge in [0, 0.05) is 17.3 Å². The average Bonchev–Trinajstić information content (AvgIpc) is 3.04. The van der Waals surface area contributed by atoms with Gasteiger partial charge in [0.05, 0.1) is 11.1 Å². The topological polar surface area (TPSA) is 105 Å². The van der Waals surface area contributed by atoms with Gasteiger partial charge in [-0.1, -0.05) is 74.1 Å². The minimum atomic E-state index is -0.513. The summed E-state index contributed by atoms with van der Waals surface area (Å²) in [7, 11) is 0. The largest absolute Gasteiger partial charge is 0.455 e. The van der Waals surface area contributed by atoms with E-state index in [9.17, 15) is 9.59 Å². The van der Waals surface area contributed by atoms with E-state index in [-0.39, 0.29) is 17.3 Å². The molecule has 10 unspecified atom stereocenters. The Morgan fingerprint density at radius 2 is 1.38 bits per heavy atom. The molecule has 3 saturated carbocycles. The summed E-state index contributed by atoms with van der Waals surface area (Å²) in [5.74, 6) is 3.37. The molecule has 0 aromatic heterocycles. The first-order chi connectivity index (χ1) is 22.8. The number of carbonyl (C=O) groups excluding carboxylic acids is 2. The molecule has 0 bridgehead atoms. The summed E-state index contributed by atoms with van der Waals surface area (Å²) in [4.78, 5) is 27.0. The van der Waals surface area contributed by atoms with E-state index in [4.69, 9.17) is 20.9 Å². The van der Waals surface area contributed by atoms with Crippen LogP contribution < -0.4 is 11.5 Å². The third kappa shape index (κ3) is 7.28. The van der Waals surface area contributed by atoms with Gasteiger partial charge in [0.25, 0.3) is 0 Å². The van der Waals surface area contributed by atoms with Gasteiger partial charge in [0.2, 0.25) is 0 Å². The Hall–Kier alpha value is -3.02. The summed E-state index contributed by atoms with van der Waals surface area (Å²) in [6.07, 6.45) is 10.4. The fraction of sp³-hybridized carbons (Fsp3) is 0.667. The Morgan fingerprint density at radius 3 is 1.94 bits per heavy atom. The molecule has 0 aliphatic heterocycles. The molecule has 0 heterocycles. The zero-order valence-electron chi connectivity index (χ0n) is 30.7. The maximum Gasteiger partial charge on any atom is 0.338 e. The number of hydrogen-bond donors (Lipinski definition) is 2. The molecule has 6 heteroatoms. The van der Waals surface area contributed by atoms with Gasteiger partial charge in [-0.2, -0.15) is 0 Å². The minimum absolute atomic E-state index is 0.000728. The van der Waals surface area contributed by atoms with Crippen LogP contribution >= 0.6 is 0 Å². The van der Waals surface area contributed by atoms with Gasteiger partial charge in [-0.25, -0.2) is 9.59 Å². The lowest BCUT2D eigenvalue weighted by Gasteiger charge is -2.63. The van der Waals surface area contributed by atoms with E-state index in [0.717, 1.165) is 37.0 Å². The molecule has 3 aliphatic carbocycles. The van der Waals surface area contributed by atoms with E-state index in [1.165, 1.54) is 38.5 Å². The Morgan fingerprint density at radius 1 is 0.792 bits per heavy atom. The number of rotatable bonds is 11. The highest BCUT2D eigenvalue weighted by atomic mass is 16.6. The van der Waals surface area contributed by atoms with Crippen molar-refractivity contribution < 1.29 is 19.1 Å². The molecule has 3 fully saturated rings. The molecule has 0 amide bonds. The predicted molar refractivity (Wildman–Crippen MR) is 195 cm³/mol. The second kappa shape index (κ2) is 14.8. The highest BCUT2D eigenvalue weighted by Gasteiger charge is 2.61. The van der Waals surface area contributed by atoms with Gasteiger partial charge in [-0.15, -0.1) is 0 Å². The van der Waals surface area contributed by atoms with Crippen molar-refractivity contribution in [3.63, 3.8) is 0 Å². The van der Waals surface area contributed by atoms with Gasteiger partial charge >= 0.3 is 11.9 Å². The van der Waals surface area contributed by atoms with Crippen molar-refractivity contribution in [2.75, 3.05) is 11.5 Å². The molecule has 3 aliphatic rings. The number of hydrogen-bond acceptors (Lipinski definition) is 6. The number of esters is 2. The van der Waals surface area contributed by atoms with Crippen LogP contribution in [0, 0.1) is 52.3 Å². The monoisotopic (exact) mass is 658 g/mol. The fourth-order valence-corrected chi connectivity index (χ4v) is 10.8. The van der Waals surface area contributed by atoms with Crippen molar-refractivity contribution in [2.24, 2.45) is 52.3 Å². The smallest absolute Gasteiger partial charge is 0.338 e. The average molecular weight is 659 g/mol. The molecule has 0 saturated heterocycles. The van der Waals surface area contributed by atoms with Crippen molar-refractivity contribution >= 4 is 23.3 Å². The van der Waals surface area contributed by atoms with Crippen LogP contribution in [0.5, 0.6) is 0 Å². The molecular weight excluding hydrogens is 596 g/mol. The molecule has 0 spiro atoms. The van der Waals surface area contributed by atoms with Gasteiger partial charge in [0.1, 0.15) is 12.2 Å². The molecular formula is C42H62N2O4. The van der Waals surface area contributed by atoms with E-state index in [0.29, 0.717) is 52.1 Å². The first-order valence-corrected chi connectivity index (χ1v) is 18.9. The summed E-state index contributed by atoms with van der Waals surface area (Å²) in [5.41, 5.74) is 14.2. The van der Waals surface area contributed by atoms with Crippen LogP contribution in [0.25, 0.3) is 0 Å². The number of anilines is 2. The Kier molecular flexibility index (Phi) is 11.2. The SMILES string of the molecule is CCC(C(C)CCCC(C)C)C1(C)CCC2C(CCC3C(OC(=O)c4ccc(N)cc4)C(OC(=O)c4ccc(N)cc4)CCC23C)C1C. The fourth-order valence-electron chi connectivity index (χ4n) is 10.8. The van der Waals surface area contributed by atoms with Gasteiger partial charge in [-0.05, 0) is 133 Å². The summed E-state index contributed by atoms with van der Waals surface area (Å²) >= 11 is 0. The van der Waals surface area contributed by atoms with Crippen LogP contribution in [-0.4, -0.2) is 24.1 Å². The molecule has 264 valence electrons. The maximum absolute atomic E-state index is 13.6. The third-order valence-corrected chi connectivity index (χ3v) is 13.6. The Labute approximate surface area is 290 Å². The van der Waals surface area contributed by atoms with E-state index in [1.807, 2.05) is 0 Å². The lowest BCUT2D eigenvalue weighted by Crippen LogP contribution is -2.60. The van der Waals surface area contributed by atoms with Crippen molar-refractivity contribution in [3.05, 3.63) is 59.7 Å². The summed E-state index contributed by atoms with van der Waals surface area (Å²) < 4.78 is 12.6. The van der Waals surface area contributed by atoms with E-state index in [2.05, 4.69) is 48.5 Å². The van der Waals surface area contributed by atoms with Gasteiger partial charge < -0.3 is 20.9 Å². The molecule has 2 aromatic rings. The highest BCUT2D eigenvalue weighted by Crippen LogP contribution is 2.65. The van der Waals surface area contributed by atoms with Crippen LogP contribution in [-0.2, 0) is 9.47 Å². The number of fused-ring (bicyclic) bond motifs is 3. The standard InChI is InChI=1S/C42H62N2O4/c1-8-34(27(4)11-9-10-26(2)3)41(6)24-22-35-33(28(41)5)20-21-36-38(48-40(46)30-14-18-32(44)19-15-30)37(23-25-42(35,36)7)47-39(45)29-12-16-31(43)17-13-29/h12-19,26-28,33-38H,8-11,20-25,43-44H2,1-7H3. The second-order valence-corrected chi connectivity index (χ2v) is 16.7. The molecule has 10 atom stereocenters.